The SMILES string of the molecule is CCC(CC)CN(CC)c1c(C(=O)O)c(C)nn1C. The smallest absolute Gasteiger partial charge is 0.341 e. The van der Waals surface area contributed by atoms with Gasteiger partial charge in [-0.2, -0.15) is 5.10 Å². The highest BCUT2D eigenvalue weighted by Gasteiger charge is 2.24. The van der Waals surface area contributed by atoms with Gasteiger partial charge in [0.15, 0.2) is 0 Å². The number of hydrogen-bond donors (Lipinski definition) is 1. The van der Waals surface area contributed by atoms with Crippen LogP contribution in [0.1, 0.15) is 49.7 Å². The zero-order valence-electron chi connectivity index (χ0n) is 12.6. The number of carbonyl (C=O) groups is 1. The Morgan fingerprint density at radius 1 is 1.37 bits per heavy atom. The van der Waals surface area contributed by atoms with E-state index in [1.165, 1.54) is 0 Å². The first kappa shape index (κ1) is 15.5. The zero-order valence-corrected chi connectivity index (χ0v) is 12.6. The lowest BCUT2D eigenvalue weighted by Gasteiger charge is -2.27. The van der Waals surface area contributed by atoms with E-state index in [0.29, 0.717) is 17.2 Å². The lowest BCUT2D eigenvalue weighted by molar-refractivity contribution is 0.0696. The fourth-order valence-corrected chi connectivity index (χ4v) is 2.48. The summed E-state index contributed by atoms with van der Waals surface area (Å²) in [5, 5.41) is 13.6. The second-order valence-corrected chi connectivity index (χ2v) is 4.93. The second-order valence-electron chi connectivity index (χ2n) is 4.93. The zero-order chi connectivity index (χ0) is 14.6. The molecule has 19 heavy (non-hydrogen) atoms. The maximum Gasteiger partial charge on any atom is 0.341 e. The third-order valence-electron chi connectivity index (χ3n) is 3.72. The van der Waals surface area contributed by atoms with E-state index < -0.39 is 5.97 Å². The molecule has 0 bridgehead atoms. The van der Waals surface area contributed by atoms with Crippen molar-refractivity contribution in [2.75, 3.05) is 18.0 Å². The van der Waals surface area contributed by atoms with Gasteiger partial charge in [0, 0.05) is 20.1 Å². The van der Waals surface area contributed by atoms with E-state index in [4.69, 9.17) is 0 Å². The van der Waals surface area contributed by atoms with E-state index >= 15 is 0 Å². The summed E-state index contributed by atoms with van der Waals surface area (Å²) in [6.45, 7) is 9.82. The van der Waals surface area contributed by atoms with E-state index in [1.807, 2.05) is 7.05 Å². The van der Waals surface area contributed by atoms with Crippen LogP contribution in [0.4, 0.5) is 5.82 Å². The number of carboxylic acid groups (broad SMARTS) is 1. The second kappa shape index (κ2) is 6.59. The Hall–Kier alpha value is -1.52. The predicted molar refractivity (Wildman–Crippen MR) is 76.9 cm³/mol. The average molecular weight is 267 g/mol. The highest BCUT2D eigenvalue weighted by Crippen LogP contribution is 2.25. The Kier molecular flexibility index (Phi) is 5.39. The minimum Gasteiger partial charge on any atom is -0.477 e. The van der Waals surface area contributed by atoms with Gasteiger partial charge in [-0.3, -0.25) is 4.68 Å². The van der Waals surface area contributed by atoms with Crippen LogP contribution in [0.2, 0.25) is 0 Å². The molecule has 108 valence electrons. The van der Waals surface area contributed by atoms with E-state index in [2.05, 4.69) is 30.8 Å². The standard InChI is InChI=1S/C14H25N3O2/c1-6-11(7-2)9-17(8-3)13-12(14(18)19)10(4)15-16(13)5/h11H,6-9H2,1-5H3,(H,18,19). The molecule has 0 saturated heterocycles. The molecule has 0 aliphatic rings. The third kappa shape index (κ3) is 3.28. The van der Waals surface area contributed by atoms with Gasteiger partial charge in [0.25, 0.3) is 0 Å². The van der Waals surface area contributed by atoms with Gasteiger partial charge >= 0.3 is 5.97 Å². The number of rotatable bonds is 7. The molecule has 1 aromatic rings. The maximum absolute atomic E-state index is 11.4. The number of nitrogens with zero attached hydrogens (tertiary/aromatic N) is 3. The van der Waals surface area contributed by atoms with E-state index in [-0.39, 0.29) is 0 Å². The number of anilines is 1. The van der Waals surface area contributed by atoms with Crippen LogP contribution in [0.25, 0.3) is 0 Å². The van der Waals surface area contributed by atoms with Crippen LogP contribution in [0.5, 0.6) is 0 Å². The number of aromatic nitrogens is 2. The molecule has 0 unspecified atom stereocenters. The Morgan fingerprint density at radius 2 is 1.95 bits per heavy atom. The van der Waals surface area contributed by atoms with Gasteiger partial charge in [-0.25, -0.2) is 4.79 Å². The molecular weight excluding hydrogens is 242 g/mol. The minimum absolute atomic E-state index is 0.329. The van der Waals surface area contributed by atoms with Crippen LogP contribution in [0.3, 0.4) is 0 Å². The molecular formula is C14H25N3O2. The van der Waals surface area contributed by atoms with Crippen molar-refractivity contribution in [3.8, 4) is 0 Å². The van der Waals surface area contributed by atoms with Crippen LogP contribution in [-0.4, -0.2) is 33.9 Å². The minimum atomic E-state index is -0.899. The molecule has 1 N–H and O–H groups in total. The molecule has 0 atom stereocenters. The Bertz CT molecular complexity index is 436. The van der Waals surface area contributed by atoms with Gasteiger partial charge in [0.05, 0.1) is 5.69 Å². The molecule has 1 heterocycles. The summed E-state index contributed by atoms with van der Waals surface area (Å²) in [5.41, 5.74) is 0.906. The molecule has 1 aromatic heterocycles. The maximum atomic E-state index is 11.4. The third-order valence-corrected chi connectivity index (χ3v) is 3.72. The average Bonchev–Trinajstić information content (AvgIpc) is 2.66. The first-order valence-electron chi connectivity index (χ1n) is 6.97. The monoisotopic (exact) mass is 267 g/mol. The predicted octanol–water partition coefficient (Wildman–Crippen LogP) is 2.69. The first-order valence-corrected chi connectivity index (χ1v) is 6.97. The molecule has 0 aromatic carbocycles. The quantitative estimate of drug-likeness (QED) is 0.825. The van der Waals surface area contributed by atoms with Crippen LogP contribution in [0, 0.1) is 12.8 Å². The summed E-state index contributed by atoms with van der Waals surface area (Å²) in [6, 6.07) is 0. The van der Waals surface area contributed by atoms with E-state index in [0.717, 1.165) is 31.7 Å². The first-order chi connectivity index (χ1) is 8.96. The van der Waals surface area contributed by atoms with Crippen molar-refractivity contribution in [1.82, 2.24) is 9.78 Å². The fraction of sp³-hybridized carbons (Fsp3) is 0.714. The fourth-order valence-electron chi connectivity index (χ4n) is 2.48. The van der Waals surface area contributed by atoms with Gasteiger partial charge in [-0.1, -0.05) is 26.7 Å². The van der Waals surface area contributed by atoms with Crippen molar-refractivity contribution in [2.24, 2.45) is 13.0 Å². The van der Waals surface area contributed by atoms with Crippen molar-refractivity contribution in [1.29, 1.82) is 0 Å². The molecule has 5 nitrogen and oxygen atoms in total. The number of aromatic carboxylic acids is 1. The highest BCUT2D eigenvalue weighted by atomic mass is 16.4. The summed E-state index contributed by atoms with van der Waals surface area (Å²) in [4.78, 5) is 13.5. The molecule has 1 rings (SSSR count). The van der Waals surface area contributed by atoms with Gasteiger partial charge < -0.3 is 10.0 Å². The summed E-state index contributed by atoms with van der Waals surface area (Å²) >= 11 is 0. The molecule has 0 saturated carbocycles. The lowest BCUT2D eigenvalue weighted by atomic mass is 10.0. The van der Waals surface area contributed by atoms with Gasteiger partial charge in [-0.15, -0.1) is 0 Å². The van der Waals surface area contributed by atoms with Crippen molar-refractivity contribution < 1.29 is 9.90 Å². The number of carboxylic acids is 1. The van der Waals surface area contributed by atoms with Crippen molar-refractivity contribution >= 4 is 11.8 Å². The summed E-state index contributed by atoms with van der Waals surface area (Å²) < 4.78 is 1.69. The normalized spacial score (nSPS) is 11.1. The summed E-state index contributed by atoms with van der Waals surface area (Å²) in [6.07, 6.45) is 2.21. The summed E-state index contributed by atoms with van der Waals surface area (Å²) in [7, 11) is 1.81. The summed E-state index contributed by atoms with van der Waals surface area (Å²) in [5.74, 6) is 0.403. The van der Waals surface area contributed by atoms with Crippen molar-refractivity contribution in [3.63, 3.8) is 0 Å². The van der Waals surface area contributed by atoms with Gasteiger partial charge in [0.1, 0.15) is 11.4 Å². The largest absolute Gasteiger partial charge is 0.477 e. The highest BCUT2D eigenvalue weighted by molar-refractivity contribution is 5.94. The molecule has 0 aliphatic carbocycles. The van der Waals surface area contributed by atoms with E-state index in [1.54, 1.807) is 11.6 Å². The number of aryl methyl sites for hydroxylation is 2. The Morgan fingerprint density at radius 3 is 2.37 bits per heavy atom. The van der Waals surface area contributed by atoms with Crippen molar-refractivity contribution in [3.05, 3.63) is 11.3 Å². The molecule has 5 heteroatoms. The molecule has 0 amide bonds. The number of hydrogen-bond acceptors (Lipinski definition) is 3. The van der Waals surface area contributed by atoms with Crippen molar-refractivity contribution in [2.45, 2.75) is 40.5 Å². The van der Waals surface area contributed by atoms with Gasteiger partial charge in [0.2, 0.25) is 0 Å². The Labute approximate surface area is 115 Å². The van der Waals surface area contributed by atoms with Gasteiger partial charge in [-0.05, 0) is 19.8 Å². The molecule has 0 spiro atoms. The van der Waals surface area contributed by atoms with Crippen LogP contribution < -0.4 is 4.90 Å². The molecule has 0 aliphatic heterocycles. The van der Waals surface area contributed by atoms with Crippen LogP contribution in [-0.2, 0) is 7.05 Å². The topological polar surface area (TPSA) is 58.4 Å². The Balaban J connectivity index is 3.14. The van der Waals surface area contributed by atoms with Crippen LogP contribution >= 0.6 is 0 Å². The lowest BCUT2D eigenvalue weighted by Crippen LogP contribution is -2.31. The van der Waals surface area contributed by atoms with E-state index in [9.17, 15) is 9.90 Å². The van der Waals surface area contributed by atoms with Crippen LogP contribution in [0.15, 0.2) is 0 Å². The molecule has 0 fully saturated rings. The molecule has 0 radical (unpaired) electrons.